The zero-order valence-electron chi connectivity index (χ0n) is 17.6. The molecule has 174 valence electrons. The molecule has 0 saturated carbocycles. The van der Waals surface area contributed by atoms with E-state index in [1.54, 1.807) is 36.3 Å². The molecule has 1 aliphatic heterocycles. The molecule has 0 radical (unpaired) electrons. The SMILES string of the molecule is CN1CC[C@@H](Nc2nc(N)c3c(-c4ccc5ncn(CC(F)F)c5n4)ccn3n2)C(F)(F)C1. The highest BCUT2D eigenvalue weighted by atomic mass is 19.3. The van der Waals surface area contributed by atoms with Crippen molar-refractivity contribution in [2.24, 2.45) is 0 Å². The molecule has 0 unspecified atom stereocenters. The number of nitrogen functional groups attached to an aromatic ring is 1. The lowest BCUT2D eigenvalue weighted by Gasteiger charge is -2.36. The number of rotatable bonds is 5. The first kappa shape index (κ1) is 21.4. The zero-order chi connectivity index (χ0) is 23.3. The Morgan fingerprint density at radius 3 is 2.82 bits per heavy atom. The highest BCUT2D eigenvalue weighted by Crippen LogP contribution is 2.31. The van der Waals surface area contributed by atoms with E-state index in [1.165, 1.54) is 15.4 Å². The molecule has 33 heavy (non-hydrogen) atoms. The molecule has 1 fully saturated rings. The molecule has 13 heteroatoms. The number of nitrogens with zero attached hydrogens (tertiary/aromatic N) is 7. The second-order valence-corrected chi connectivity index (χ2v) is 8.15. The van der Waals surface area contributed by atoms with Crippen LogP contribution in [0.25, 0.3) is 27.9 Å². The molecule has 5 heterocycles. The van der Waals surface area contributed by atoms with Crippen LogP contribution in [0.1, 0.15) is 6.42 Å². The summed E-state index contributed by atoms with van der Waals surface area (Å²) in [5.74, 6) is -2.87. The first-order valence-corrected chi connectivity index (χ1v) is 10.3. The van der Waals surface area contributed by atoms with E-state index in [4.69, 9.17) is 5.73 Å². The summed E-state index contributed by atoms with van der Waals surface area (Å²) >= 11 is 0. The molecule has 1 atom stereocenters. The maximum absolute atomic E-state index is 14.4. The van der Waals surface area contributed by atoms with Crippen molar-refractivity contribution in [3.05, 3.63) is 30.7 Å². The minimum absolute atomic E-state index is 0.00482. The van der Waals surface area contributed by atoms with Crippen molar-refractivity contribution < 1.29 is 17.6 Å². The van der Waals surface area contributed by atoms with E-state index in [1.807, 2.05) is 0 Å². The number of alkyl halides is 4. The lowest BCUT2D eigenvalue weighted by Crippen LogP contribution is -2.53. The van der Waals surface area contributed by atoms with Crippen molar-refractivity contribution in [2.75, 3.05) is 31.2 Å². The van der Waals surface area contributed by atoms with Crippen LogP contribution in [0.15, 0.2) is 30.7 Å². The van der Waals surface area contributed by atoms with E-state index in [2.05, 4.69) is 25.4 Å². The number of pyridine rings is 1. The fourth-order valence-electron chi connectivity index (χ4n) is 4.14. The molecule has 4 aromatic rings. The topological polar surface area (TPSA) is 102 Å². The molecule has 5 rings (SSSR count). The number of anilines is 2. The zero-order valence-corrected chi connectivity index (χ0v) is 17.6. The number of halogens is 4. The summed E-state index contributed by atoms with van der Waals surface area (Å²) in [7, 11) is 1.65. The molecule has 0 aromatic carbocycles. The highest BCUT2D eigenvalue weighted by molar-refractivity contribution is 5.88. The van der Waals surface area contributed by atoms with E-state index in [0.29, 0.717) is 34.5 Å². The van der Waals surface area contributed by atoms with Crippen LogP contribution in [0.2, 0.25) is 0 Å². The molecule has 3 N–H and O–H groups in total. The van der Waals surface area contributed by atoms with Gasteiger partial charge in [0.1, 0.15) is 11.0 Å². The summed E-state index contributed by atoms with van der Waals surface area (Å²) in [6, 6.07) is 3.97. The van der Waals surface area contributed by atoms with Crippen molar-refractivity contribution in [1.82, 2.24) is 34.0 Å². The third-order valence-electron chi connectivity index (χ3n) is 5.70. The van der Waals surface area contributed by atoms with Crippen molar-refractivity contribution in [3.63, 3.8) is 0 Å². The maximum Gasteiger partial charge on any atom is 0.280 e. The fraction of sp³-hybridized carbons (Fsp3) is 0.400. The number of aromatic nitrogens is 6. The minimum atomic E-state index is -2.94. The number of hydrogen-bond donors (Lipinski definition) is 2. The van der Waals surface area contributed by atoms with E-state index in [0.717, 1.165) is 0 Å². The van der Waals surface area contributed by atoms with Gasteiger partial charge in [-0.15, -0.1) is 5.10 Å². The highest BCUT2D eigenvalue weighted by Gasteiger charge is 2.44. The van der Waals surface area contributed by atoms with Crippen molar-refractivity contribution in [2.45, 2.75) is 31.4 Å². The van der Waals surface area contributed by atoms with Crippen LogP contribution in [0.5, 0.6) is 0 Å². The fourth-order valence-corrected chi connectivity index (χ4v) is 4.14. The van der Waals surface area contributed by atoms with E-state index >= 15 is 0 Å². The van der Waals surface area contributed by atoms with Gasteiger partial charge in [-0.3, -0.25) is 0 Å². The van der Waals surface area contributed by atoms with E-state index in [9.17, 15) is 17.6 Å². The predicted molar refractivity (Wildman–Crippen MR) is 114 cm³/mol. The third kappa shape index (κ3) is 3.92. The summed E-state index contributed by atoms with van der Waals surface area (Å²) < 4.78 is 57.3. The molecule has 1 saturated heterocycles. The lowest BCUT2D eigenvalue weighted by molar-refractivity contribution is -0.0675. The quantitative estimate of drug-likeness (QED) is 0.439. The van der Waals surface area contributed by atoms with Gasteiger partial charge in [-0.1, -0.05) is 0 Å². The van der Waals surface area contributed by atoms with Gasteiger partial charge in [0.05, 0.1) is 31.2 Å². The molecule has 0 aliphatic carbocycles. The normalized spacial score (nSPS) is 19.0. The monoisotopic (exact) mass is 463 g/mol. The number of nitrogens with one attached hydrogen (secondary N) is 1. The number of hydrogen-bond acceptors (Lipinski definition) is 7. The van der Waals surface area contributed by atoms with E-state index in [-0.39, 0.29) is 24.7 Å². The van der Waals surface area contributed by atoms with Gasteiger partial charge in [0.2, 0.25) is 5.95 Å². The first-order valence-electron chi connectivity index (χ1n) is 10.3. The predicted octanol–water partition coefficient (Wildman–Crippen LogP) is 2.74. The van der Waals surface area contributed by atoms with Crippen molar-refractivity contribution in [3.8, 4) is 11.3 Å². The average molecular weight is 463 g/mol. The number of nitrogens with two attached hydrogens (primary N) is 1. The molecular weight excluding hydrogens is 442 g/mol. The van der Waals surface area contributed by atoms with Crippen LogP contribution in [0.3, 0.4) is 0 Å². The van der Waals surface area contributed by atoms with Crippen molar-refractivity contribution in [1.29, 1.82) is 0 Å². The standard InChI is InChI=1S/C20H21F4N9/c1-31-6-5-14(20(23,24)9-31)28-19-29-17(25)16-11(4-7-33(16)30-19)12-2-3-13-18(27-12)32(10-26-13)8-15(21)22/h2-4,7,10,14-15H,5-6,8-9H2,1H3,(H3,25,28,29,30)/t14-/m1/s1. The molecule has 9 nitrogen and oxygen atoms in total. The molecule has 0 amide bonds. The van der Waals surface area contributed by atoms with Gasteiger partial charge < -0.3 is 20.5 Å². The van der Waals surface area contributed by atoms with Gasteiger partial charge in [-0.2, -0.15) is 4.98 Å². The molecule has 4 aromatic heterocycles. The Hall–Kier alpha value is -3.48. The van der Waals surface area contributed by atoms with Crippen LogP contribution >= 0.6 is 0 Å². The van der Waals surface area contributed by atoms with Crippen LogP contribution in [0.4, 0.5) is 29.3 Å². The smallest absolute Gasteiger partial charge is 0.280 e. The summed E-state index contributed by atoms with van der Waals surface area (Å²) in [6.07, 6.45) is 0.621. The van der Waals surface area contributed by atoms with Crippen LogP contribution < -0.4 is 11.1 Å². The number of likely N-dealkylation sites (tertiary alicyclic amines) is 1. The second-order valence-electron chi connectivity index (χ2n) is 8.15. The largest absolute Gasteiger partial charge is 0.382 e. The number of imidazole rings is 1. The van der Waals surface area contributed by atoms with Gasteiger partial charge in [0, 0.05) is 18.3 Å². The van der Waals surface area contributed by atoms with E-state index < -0.39 is 24.9 Å². The Kier molecular flexibility index (Phi) is 5.07. The summed E-state index contributed by atoms with van der Waals surface area (Å²) in [4.78, 5) is 14.4. The Labute approximate surface area is 185 Å². The first-order chi connectivity index (χ1) is 15.7. The summed E-state index contributed by atoms with van der Waals surface area (Å²) in [5.41, 5.74) is 8.45. The van der Waals surface area contributed by atoms with Crippen LogP contribution in [-0.2, 0) is 6.54 Å². The van der Waals surface area contributed by atoms with Crippen molar-refractivity contribution >= 4 is 28.4 Å². The molecule has 0 spiro atoms. The summed E-state index contributed by atoms with van der Waals surface area (Å²) in [6.45, 7) is -0.355. The third-order valence-corrected chi connectivity index (χ3v) is 5.70. The number of piperidine rings is 1. The van der Waals surface area contributed by atoms with Gasteiger partial charge in [0.15, 0.2) is 11.5 Å². The van der Waals surface area contributed by atoms with Gasteiger partial charge in [-0.05, 0) is 31.7 Å². The molecule has 0 bridgehead atoms. The lowest BCUT2D eigenvalue weighted by atomic mass is 10.0. The van der Waals surface area contributed by atoms with Crippen LogP contribution in [0, 0.1) is 0 Å². The van der Waals surface area contributed by atoms with Gasteiger partial charge in [0.25, 0.3) is 12.3 Å². The molecular formula is C20H21F4N9. The Morgan fingerprint density at radius 2 is 2.06 bits per heavy atom. The number of fused-ring (bicyclic) bond motifs is 2. The second kappa shape index (κ2) is 7.83. The minimum Gasteiger partial charge on any atom is -0.382 e. The Balaban J connectivity index is 1.49. The maximum atomic E-state index is 14.4. The van der Waals surface area contributed by atoms with Gasteiger partial charge >= 0.3 is 0 Å². The average Bonchev–Trinajstić information content (AvgIpc) is 3.33. The van der Waals surface area contributed by atoms with Crippen LogP contribution in [-0.4, -0.2) is 72.6 Å². The molecule has 1 aliphatic rings. The summed E-state index contributed by atoms with van der Waals surface area (Å²) in [5, 5.41) is 7.02. The van der Waals surface area contributed by atoms with Gasteiger partial charge in [-0.25, -0.2) is 32.0 Å². The Bertz CT molecular complexity index is 1320. The Morgan fingerprint density at radius 1 is 1.24 bits per heavy atom.